The highest BCUT2D eigenvalue weighted by Gasteiger charge is 2.20. The van der Waals surface area contributed by atoms with Gasteiger partial charge in [-0.3, -0.25) is 9.59 Å². The molecule has 0 aromatic heterocycles. The number of hydrogen-bond donors (Lipinski definition) is 3. The summed E-state index contributed by atoms with van der Waals surface area (Å²) in [7, 11) is 0. The molecule has 0 heterocycles. The molecule has 0 aromatic rings. The predicted molar refractivity (Wildman–Crippen MR) is 370 cm³/mol. The first-order chi connectivity index (χ1) is 41.5. The lowest BCUT2D eigenvalue weighted by Crippen LogP contribution is -2.45. The van der Waals surface area contributed by atoms with Crippen LogP contribution >= 0.6 is 0 Å². The molecular weight excluding hydrogens is 1030 g/mol. The van der Waals surface area contributed by atoms with Gasteiger partial charge < -0.3 is 20.3 Å². The van der Waals surface area contributed by atoms with Crippen molar-refractivity contribution >= 4 is 11.9 Å². The SMILES string of the molecule is CCCCCC/C=C\C/C=C\CCCCCCCCCC(=O)OCCCCCCCCCCCCCCCC/C=C\CCCCCCCCCCCCCCCCCCCC(=O)NC(CO)C(O)CCCCCCCCCCCCCCCC. The summed E-state index contributed by atoms with van der Waals surface area (Å²) in [6.07, 6.45) is 95.1. The van der Waals surface area contributed by atoms with Crippen LogP contribution < -0.4 is 5.32 Å². The van der Waals surface area contributed by atoms with E-state index in [9.17, 15) is 19.8 Å². The van der Waals surface area contributed by atoms with E-state index < -0.39 is 12.1 Å². The Kier molecular flexibility index (Phi) is 71.9. The Morgan fingerprint density at radius 2 is 0.595 bits per heavy atom. The van der Waals surface area contributed by atoms with Crippen LogP contribution in [0.3, 0.4) is 0 Å². The van der Waals surface area contributed by atoms with Gasteiger partial charge in [0, 0.05) is 12.8 Å². The molecule has 84 heavy (non-hydrogen) atoms. The van der Waals surface area contributed by atoms with Crippen LogP contribution in [0, 0.1) is 0 Å². The van der Waals surface area contributed by atoms with E-state index in [0.29, 0.717) is 25.9 Å². The number of allylic oxidation sites excluding steroid dienone is 6. The zero-order valence-corrected chi connectivity index (χ0v) is 56.9. The van der Waals surface area contributed by atoms with E-state index in [1.165, 1.54) is 340 Å². The fourth-order valence-corrected chi connectivity index (χ4v) is 12.1. The van der Waals surface area contributed by atoms with Gasteiger partial charge >= 0.3 is 5.97 Å². The standard InChI is InChI=1S/C78H149NO5/c1-3-5-7-9-11-13-15-17-19-20-41-44-48-52-56-60-64-68-72-78(83)84-73-69-65-61-57-53-49-45-42-39-37-35-33-31-29-27-25-23-21-22-24-26-28-30-32-34-36-38-40-43-47-51-55-59-63-67-71-77(82)79-75(74-80)76(81)70-66-62-58-54-50-46-18-16-14-12-10-8-6-4-2/h13,15,19-20,23,25,75-76,80-81H,3-12,14,16-18,21-22,24,26-74H2,1-2H3,(H,79,82)/b15-13-,20-19-,25-23-. The smallest absolute Gasteiger partial charge is 0.305 e. The number of ether oxygens (including phenoxy) is 1. The number of amides is 1. The number of aliphatic hydroxyl groups is 2. The number of esters is 1. The Balaban J connectivity index is 3.33. The summed E-state index contributed by atoms with van der Waals surface area (Å²) in [5.74, 6) is -0.0154. The van der Waals surface area contributed by atoms with Gasteiger partial charge in [0.1, 0.15) is 0 Å². The maximum atomic E-state index is 12.5. The van der Waals surface area contributed by atoms with Gasteiger partial charge in [0.15, 0.2) is 0 Å². The number of rotatable bonds is 72. The number of unbranched alkanes of at least 4 members (excludes halogenated alkanes) is 55. The third kappa shape index (κ3) is 69.2. The van der Waals surface area contributed by atoms with Crippen molar-refractivity contribution in [2.24, 2.45) is 0 Å². The highest BCUT2D eigenvalue weighted by atomic mass is 16.5. The second kappa shape index (κ2) is 73.5. The van der Waals surface area contributed by atoms with Crippen LogP contribution in [0.5, 0.6) is 0 Å². The van der Waals surface area contributed by atoms with Gasteiger partial charge in [0.25, 0.3) is 0 Å². The molecule has 0 bridgehead atoms. The Bertz CT molecular complexity index is 1360. The molecule has 3 N–H and O–H groups in total. The Morgan fingerprint density at radius 3 is 0.929 bits per heavy atom. The number of aliphatic hydroxyl groups excluding tert-OH is 2. The van der Waals surface area contributed by atoms with E-state index in [4.69, 9.17) is 4.74 Å². The van der Waals surface area contributed by atoms with Crippen molar-refractivity contribution in [2.45, 2.75) is 437 Å². The monoisotopic (exact) mass is 1180 g/mol. The van der Waals surface area contributed by atoms with Gasteiger partial charge in [-0.1, -0.05) is 365 Å². The second-order valence-corrected chi connectivity index (χ2v) is 26.3. The van der Waals surface area contributed by atoms with Gasteiger partial charge in [-0.2, -0.15) is 0 Å². The second-order valence-electron chi connectivity index (χ2n) is 26.3. The molecule has 0 aliphatic rings. The molecule has 0 aliphatic heterocycles. The lowest BCUT2D eigenvalue weighted by Gasteiger charge is -2.22. The molecule has 0 saturated carbocycles. The van der Waals surface area contributed by atoms with Crippen molar-refractivity contribution < 1.29 is 24.5 Å². The minimum absolute atomic E-state index is 0.0134. The molecule has 0 fully saturated rings. The van der Waals surface area contributed by atoms with Crippen molar-refractivity contribution in [3.63, 3.8) is 0 Å². The zero-order valence-electron chi connectivity index (χ0n) is 56.9. The molecule has 2 atom stereocenters. The third-order valence-electron chi connectivity index (χ3n) is 17.9. The number of hydrogen-bond acceptors (Lipinski definition) is 5. The van der Waals surface area contributed by atoms with Gasteiger partial charge in [-0.25, -0.2) is 0 Å². The Hall–Kier alpha value is -1.92. The van der Waals surface area contributed by atoms with Crippen LogP contribution in [0.4, 0.5) is 0 Å². The zero-order chi connectivity index (χ0) is 60.6. The quantitative estimate of drug-likeness (QED) is 0.0320. The van der Waals surface area contributed by atoms with Gasteiger partial charge in [-0.15, -0.1) is 0 Å². The summed E-state index contributed by atoms with van der Waals surface area (Å²) in [6, 6.07) is -0.538. The molecule has 0 radical (unpaired) electrons. The molecule has 0 aromatic carbocycles. The number of carbonyl (C=O) groups is 2. The van der Waals surface area contributed by atoms with E-state index in [-0.39, 0.29) is 18.5 Å². The van der Waals surface area contributed by atoms with Crippen molar-refractivity contribution in [3.05, 3.63) is 36.5 Å². The van der Waals surface area contributed by atoms with Gasteiger partial charge in [0.05, 0.1) is 25.4 Å². The molecule has 1 amide bonds. The van der Waals surface area contributed by atoms with E-state index in [0.717, 1.165) is 51.4 Å². The molecule has 496 valence electrons. The summed E-state index contributed by atoms with van der Waals surface area (Å²) < 4.78 is 5.51. The molecule has 6 nitrogen and oxygen atoms in total. The van der Waals surface area contributed by atoms with Crippen molar-refractivity contribution in [1.29, 1.82) is 0 Å². The van der Waals surface area contributed by atoms with Crippen LogP contribution in [0.25, 0.3) is 0 Å². The minimum atomic E-state index is -0.661. The largest absolute Gasteiger partial charge is 0.466 e. The average molecular weight is 1180 g/mol. The first-order valence-corrected chi connectivity index (χ1v) is 38.2. The highest BCUT2D eigenvalue weighted by Crippen LogP contribution is 2.19. The maximum Gasteiger partial charge on any atom is 0.305 e. The summed E-state index contributed by atoms with van der Waals surface area (Å²) in [5.41, 5.74) is 0. The van der Waals surface area contributed by atoms with Gasteiger partial charge in [-0.05, 0) is 83.5 Å². The van der Waals surface area contributed by atoms with Crippen LogP contribution in [-0.2, 0) is 14.3 Å². The first-order valence-electron chi connectivity index (χ1n) is 38.2. The maximum absolute atomic E-state index is 12.5. The molecular formula is C78H149NO5. The van der Waals surface area contributed by atoms with Crippen molar-refractivity contribution in [3.8, 4) is 0 Å². The summed E-state index contributed by atoms with van der Waals surface area (Å²) in [5, 5.41) is 23.3. The third-order valence-corrected chi connectivity index (χ3v) is 17.9. The van der Waals surface area contributed by atoms with Crippen molar-refractivity contribution in [2.75, 3.05) is 13.2 Å². The first kappa shape index (κ1) is 82.1. The summed E-state index contributed by atoms with van der Waals surface area (Å²) >= 11 is 0. The normalized spacial score (nSPS) is 12.7. The lowest BCUT2D eigenvalue weighted by atomic mass is 10.0. The topological polar surface area (TPSA) is 95.9 Å². The van der Waals surface area contributed by atoms with Crippen LogP contribution in [0.15, 0.2) is 36.5 Å². The molecule has 0 aliphatic carbocycles. The van der Waals surface area contributed by atoms with E-state index >= 15 is 0 Å². The number of nitrogens with one attached hydrogen (secondary N) is 1. The van der Waals surface area contributed by atoms with E-state index in [2.05, 4.69) is 55.6 Å². The van der Waals surface area contributed by atoms with Gasteiger partial charge in [0.2, 0.25) is 5.91 Å². The lowest BCUT2D eigenvalue weighted by molar-refractivity contribution is -0.143. The molecule has 0 rings (SSSR count). The highest BCUT2D eigenvalue weighted by molar-refractivity contribution is 5.76. The Morgan fingerprint density at radius 1 is 0.333 bits per heavy atom. The molecule has 2 unspecified atom stereocenters. The molecule has 0 spiro atoms. The van der Waals surface area contributed by atoms with Crippen molar-refractivity contribution in [1.82, 2.24) is 5.32 Å². The van der Waals surface area contributed by atoms with E-state index in [1.807, 2.05) is 0 Å². The molecule has 6 heteroatoms. The summed E-state index contributed by atoms with van der Waals surface area (Å²) in [4.78, 5) is 24.6. The van der Waals surface area contributed by atoms with E-state index in [1.54, 1.807) is 0 Å². The fraction of sp³-hybridized carbons (Fsp3) is 0.897. The van der Waals surface area contributed by atoms with Crippen LogP contribution in [-0.4, -0.2) is 47.4 Å². The average Bonchev–Trinajstić information content (AvgIpc) is 3.54. The molecule has 0 saturated heterocycles. The predicted octanol–water partition coefficient (Wildman–Crippen LogP) is 25.0. The Labute approximate surface area is 525 Å². The van der Waals surface area contributed by atoms with Crippen LogP contribution in [0.2, 0.25) is 0 Å². The summed E-state index contributed by atoms with van der Waals surface area (Å²) in [6.45, 7) is 4.97. The van der Waals surface area contributed by atoms with Crippen LogP contribution in [0.1, 0.15) is 425 Å². The fourth-order valence-electron chi connectivity index (χ4n) is 12.1. The minimum Gasteiger partial charge on any atom is -0.466 e. The number of carbonyl (C=O) groups excluding carboxylic acids is 2.